The molecule has 0 saturated carbocycles. The van der Waals surface area contributed by atoms with E-state index in [1.54, 1.807) is 4.90 Å². The summed E-state index contributed by atoms with van der Waals surface area (Å²) in [4.78, 5) is 13.8. The van der Waals surface area contributed by atoms with E-state index in [-0.39, 0.29) is 24.0 Å². The number of ether oxygens (including phenoxy) is 1. The van der Waals surface area contributed by atoms with E-state index >= 15 is 0 Å². The Bertz CT molecular complexity index is 254. The molecule has 0 spiro atoms. The van der Waals surface area contributed by atoms with Crippen LogP contribution in [0.15, 0.2) is 0 Å². The van der Waals surface area contributed by atoms with E-state index in [1.165, 1.54) is 0 Å². The van der Waals surface area contributed by atoms with Crippen molar-refractivity contribution in [1.82, 2.24) is 10.2 Å². The molecule has 2 atom stereocenters. The molecule has 1 amide bonds. The Labute approximate surface area is 95.8 Å². The van der Waals surface area contributed by atoms with Crippen molar-refractivity contribution in [2.75, 3.05) is 32.8 Å². The van der Waals surface area contributed by atoms with E-state index in [0.717, 1.165) is 13.0 Å². The van der Waals surface area contributed by atoms with Gasteiger partial charge < -0.3 is 20.1 Å². The molecule has 5 nitrogen and oxygen atoms in total. The summed E-state index contributed by atoms with van der Waals surface area (Å²) in [6.07, 6.45) is 0.730. The van der Waals surface area contributed by atoms with Gasteiger partial charge in [0.15, 0.2) is 0 Å². The first-order chi connectivity index (χ1) is 7.72. The quantitative estimate of drug-likeness (QED) is 0.661. The number of aliphatic hydroxyl groups is 1. The number of aliphatic hydroxyl groups excluding tert-OH is 1. The van der Waals surface area contributed by atoms with E-state index in [0.29, 0.717) is 26.3 Å². The summed E-state index contributed by atoms with van der Waals surface area (Å²) in [6, 6.07) is 0.144. The van der Waals surface area contributed by atoms with Gasteiger partial charge in [-0.3, -0.25) is 4.79 Å². The van der Waals surface area contributed by atoms with Crippen molar-refractivity contribution in [1.29, 1.82) is 0 Å². The van der Waals surface area contributed by atoms with E-state index in [4.69, 9.17) is 4.74 Å². The molecule has 0 aromatic heterocycles. The number of β-amino-alcohol motifs (C(OH)–C–C–N with tert-alkyl or cyclic N) is 1. The highest BCUT2D eigenvalue weighted by Gasteiger charge is 2.39. The first-order valence-electron chi connectivity index (χ1n) is 6.00. The first kappa shape index (κ1) is 11.8. The van der Waals surface area contributed by atoms with Crippen LogP contribution in [0, 0.1) is 5.92 Å². The van der Waals surface area contributed by atoms with Crippen LogP contribution < -0.4 is 5.32 Å². The van der Waals surface area contributed by atoms with Crippen LogP contribution >= 0.6 is 0 Å². The largest absolute Gasteiger partial charge is 0.389 e. The van der Waals surface area contributed by atoms with Crippen molar-refractivity contribution in [2.45, 2.75) is 25.5 Å². The molecule has 0 aromatic carbocycles. The molecule has 2 saturated heterocycles. The average molecular weight is 228 g/mol. The number of carbonyl (C=O) groups is 1. The molecule has 2 fully saturated rings. The molecule has 0 radical (unpaired) electrons. The average Bonchev–Trinajstić information content (AvgIpc) is 2.69. The molecule has 16 heavy (non-hydrogen) atoms. The zero-order chi connectivity index (χ0) is 11.5. The molecule has 92 valence electrons. The summed E-state index contributed by atoms with van der Waals surface area (Å²) in [5.74, 6) is 0.0513. The predicted octanol–water partition coefficient (Wildman–Crippen LogP) is -0.796. The van der Waals surface area contributed by atoms with Gasteiger partial charge in [0, 0.05) is 19.1 Å². The molecule has 0 aromatic rings. The lowest BCUT2D eigenvalue weighted by molar-refractivity contribution is -0.146. The third-order valence-corrected chi connectivity index (χ3v) is 3.23. The van der Waals surface area contributed by atoms with Crippen molar-refractivity contribution in [3.63, 3.8) is 0 Å². The third kappa shape index (κ3) is 2.36. The molecule has 2 aliphatic heterocycles. The molecule has 2 heterocycles. The fraction of sp³-hybridized carbons (Fsp3) is 0.909. The minimum atomic E-state index is -0.326. The molecular weight excluding hydrogens is 208 g/mol. The summed E-state index contributed by atoms with van der Waals surface area (Å²) >= 11 is 0. The Morgan fingerprint density at radius 1 is 1.50 bits per heavy atom. The highest BCUT2D eigenvalue weighted by atomic mass is 16.5. The van der Waals surface area contributed by atoms with Crippen molar-refractivity contribution >= 4 is 5.91 Å². The van der Waals surface area contributed by atoms with Crippen LogP contribution in [0.3, 0.4) is 0 Å². The standard InChI is InChI=1S/C11H20N2O3/c1-2-3-12-10-7-16-6-9(10)11(15)13-4-8(14)5-13/h8-10,12,14H,2-7H2,1H3. The highest BCUT2D eigenvalue weighted by molar-refractivity contribution is 5.81. The van der Waals surface area contributed by atoms with E-state index < -0.39 is 0 Å². The lowest BCUT2D eigenvalue weighted by Crippen LogP contribution is -2.57. The molecule has 5 heteroatoms. The lowest BCUT2D eigenvalue weighted by Gasteiger charge is -2.38. The first-order valence-corrected chi connectivity index (χ1v) is 6.00. The number of hydrogen-bond acceptors (Lipinski definition) is 4. The maximum Gasteiger partial charge on any atom is 0.229 e. The topological polar surface area (TPSA) is 61.8 Å². The predicted molar refractivity (Wildman–Crippen MR) is 59.0 cm³/mol. The summed E-state index contributed by atoms with van der Waals surface area (Å²) in [5, 5.41) is 12.5. The van der Waals surface area contributed by atoms with Gasteiger partial charge in [0.1, 0.15) is 0 Å². The molecule has 2 unspecified atom stereocenters. The summed E-state index contributed by atoms with van der Waals surface area (Å²) in [5.41, 5.74) is 0. The third-order valence-electron chi connectivity index (χ3n) is 3.23. The SMILES string of the molecule is CCCNC1COCC1C(=O)N1CC(O)C1. The zero-order valence-corrected chi connectivity index (χ0v) is 9.69. The lowest BCUT2D eigenvalue weighted by atomic mass is 9.99. The van der Waals surface area contributed by atoms with E-state index in [1.807, 2.05) is 0 Å². The summed E-state index contributed by atoms with van der Waals surface area (Å²) < 4.78 is 5.36. The van der Waals surface area contributed by atoms with Crippen LogP contribution in [0.1, 0.15) is 13.3 Å². The number of rotatable bonds is 4. The number of nitrogens with zero attached hydrogens (tertiary/aromatic N) is 1. The summed E-state index contributed by atoms with van der Waals surface area (Å²) in [6.45, 7) is 5.11. The maximum absolute atomic E-state index is 12.0. The molecule has 2 N–H and O–H groups in total. The summed E-state index contributed by atoms with van der Waals surface area (Å²) in [7, 11) is 0. The van der Waals surface area contributed by atoms with Gasteiger partial charge in [0.2, 0.25) is 5.91 Å². The molecule has 2 rings (SSSR count). The monoisotopic (exact) mass is 228 g/mol. The Morgan fingerprint density at radius 3 is 2.88 bits per heavy atom. The molecule has 2 aliphatic rings. The van der Waals surface area contributed by atoms with Crippen LogP contribution in [0.2, 0.25) is 0 Å². The number of nitrogens with one attached hydrogen (secondary N) is 1. The van der Waals surface area contributed by atoms with Crippen LogP contribution in [-0.4, -0.2) is 60.9 Å². The number of hydrogen-bond donors (Lipinski definition) is 2. The minimum Gasteiger partial charge on any atom is -0.389 e. The highest BCUT2D eigenvalue weighted by Crippen LogP contribution is 2.20. The Morgan fingerprint density at radius 2 is 2.25 bits per heavy atom. The second kappa shape index (κ2) is 5.12. The van der Waals surface area contributed by atoms with Crippen molar-refractivity contribution in [2.24, 2.45) is 5.92 Å². The smallest absolute Gasteiger partial charge is 0.229 e. The van der Waals surface area contributed by atoms with Gasteiger partial charge in [-0.1, -0.05) is 6.92 Å². The fourth-order valence-electron chi connectivity index (χ4n) is 2.20. The van der Waals surface area contributed by atoms with Gasteiger partial charge in [0.25, 0.3) is 0 Å². The molecular formula is C11H20N2O3. The molecule has 0 bridgehead atoms. The van der Waals surface area contributed by atoms with Crippen molar-refractivity contribution in [3.05, 3.63) is 0 Å². The van der Waals surface area contributed by atoms with Gasteiger partial charge in [-0.2, -0.15) is 0 Å². The van der Waals surface area contributed by atoms with Crippen LogP contribution in [-0.2, 0) is 9.53 Å². The zero-order valence-electron chi connectivity index (χ0n) is 9.69. The second-order valence-corrected chi connectivity index (χ2v) is 4.60. The van der Waals surface area contributed by atoms with Gasteiger partial charge in [-0.05, 0) is 13.0 Å². The van der Waals surface area contributed by atoms with Crippen LogP contribution in [0.25, 0.3) is 0 Å². The van der Waals surface area contributed by atoms with E-state index in [2.05, 4.69) is 12.2 Å². The van der Waals surface area contributed by atoms with E-state index in [9.17, 15) is 9.90 Å². The molecule has 0 aliphatic carbocycles. The Kier molecular flexibility index (Phi) is 3.78. The number of carbonyl (C=O) groups excluding carboxylic acids is 1. The van der Waals surface area contributed by atoms with Crippen molar-refractivity contribution in [3.8, 4) is 0 Å². The Hall–Kier alpha value is -0.650. The second-order valence-electron chi connectivity index (χ2n) is 4.60. The maximum atomic E-state index is 12.0. The van der Waals surface area contributed by atoms with Crippen LogP contribution in [0.4, 0.5) is 0 Å². The Balaban J connectivity index is 1.84. The minimum absolute atomic E-state index is 0.0703. The van der Waals surface area contributed by atoms with Gasteiger partial charge >= 0.3 is 0 Å². The fourth-order valence-corrected chi connectivity index (χ4v) is 2.20. The normalized spacial score (nSPS) is 30.5. The number of amides is 1. The van der Waals surface area contributed by atoms with Gasteiger partial charge in [-0.15, -0.1) is 0 Å². The van der Waals surface area contributed by atoms with Gasteiger partial charge in [-0.25, -0.2) is 0 Å². The van der Waals surface area contributed by atoms with Gasteiger partial charge in [0.05, 0.1) is 25.2 Å². The van der Waals surface area contributed by atoms with Crippen LogP contribution in [0.5, 0.6) is 0 Å². The van der Waals surface area contributed by atoms with Crippen molar-refractivity contribution < 1.29 is 14.6 Å². The number of likely N-dealkylation sites (tertiary alicyclic amines) is 1.